The molecule has 0 aromatic rings. The average Bonchev–Trinajstić information content (AvgIpc) is 1.05. The van der Waals surface area contributed by atoms with E-state index in [0.29, 0.717) is 25.7 Å². The fourth-order valence-electron chi connectivity index (χ4n) is 12.6. The van der Waals surface area contributed by atoms with Gasteiger partial charge in [0.15, 0.2) is 12.2 Å². The van der Waals surface area contributed by atoms with Gasteiger partial charge in [0.25, 0.3) is 0 Å². The summed E-state index contributed by atoms with van der Waals surface area (Å²) in [7, 11) is -9.92. The number of ether oxygens (including phenoxy) is 4. The molecule has 0 aliphatic heterocycles. The molecule has 0 aliphatic rings. The lowest BCUT2D eigenvalue weighted by molar-refractivity contribution is -0.161. The Bertz CT molecular complexity index is 1960. The van der Waals surface area contributed by atoms with Crippen LogP contribution in [0.4, 0.5) is 0 Å². The van der Waals surface area contributed by atoms with Crippen LogP contribution in [0, 0.1) is 17.8 Å². The molecule has 0 radical (unpaired) electrons. The summed E-state index contributed by atoms with van der Waals surface area (Å²) in [6.45, 7) is 12.0. The van der Waals surface area contributed by atoms with E-state index in [2.05, 4.69) is 48.5 Å². The normalized spacial score (nSPS) is 14.5. The summed E-state index contributed by atoms with van der Waals surface area (Å²) in [6, 6.07) is 0. The van der Waals surface area contributed by atoms with Gasteiger partial charge >= 0.3 is 39.5 Å². The predicted octanol–water partition coefficient (Wildman–Crippen LogP) is 24.5. The molecule has 17 nitrogen and oxygen atoms in total. The van der Waals surface area contributed by atoms with Crippen molar-refractivity contribution in [1.82, 2.24) is 0 Å². The van der Waals surface area contributed by atoms with Crippen molar-refractivity contribution in [3.8, 4) is 0 Å². The molecule has 0 bridgehead atoms. The molecular weight excluding hydrogens is 1320 g/mol. The van der Waals surface area contributed by atoms with Gasteiger partial charge in [-0.05, 0) is 43.4 Å². The minimum absolute atomic E-state index is 0.106. The molecule has 7 atom stereocenters. The summed E-state index contributed by atoms with van der Waals surface area (Å²) in [5, 5.41) is 10.6. The lowest BCUT2D eigenvalue weighted by atomic mass is 9.99. The number of esters is 4. The van der Waals surface area contributed by atoms with Crippen molar-refractivity contribution in [2.24, 2.45) is 17.8 Å². The van der Waals surface area contributed by atoms with Gasteiger partial charge < -0.3 is 33.8 Å². The highest BCUT2D eigenvalue weighted by molar-refractivity contribution is 7.47. The van der Waals surface area contributed by atoms with Gasteiger partial charge in [-0.2, -0.15) is 0 Å². The van der Waals surface area contributed by atoms with Crippen molar-refractivity contribution in [3.05, 3.63) is 0 Å². The summed E-state index contributed by atoms with van der Waals surface area (Å²) in [6.07, 6.45) is 61.1. The first-order chi connectivity index (χ1) is 48.8. The van der Waals surface area contributed by atoms with E-state index in [1.165, 1.54) is 231 Å². The number of unbranched alkanes of at least 4 members (excludes halogenated alkanes) is 46. The molecule has 0 saturated carbocycles. The van der Waals surface area contributed by atoms with E-state index in [1.807, 2.05) is 0 Å². The van der Waals surface area contributed by atoms with Crippen LogP contribution in [-0.2, 0) is 65.4 Å². The Hall–Kier alpha value is -1.94. The highest BCUT2D eigenvalue weighted by Gasteiger charge is 2.30. The standard InChI is InChI=1S/C82H160O17P2/c1-8-11-12-13-14-15-16-17-22-26-31-36-41-49-56-63-79(84)92-69-77(98-81(86)65-58-51-42-37-32-27-24-21-19-18-20-23-25-30-35-40-47-54-61-74(6)9-2)71-96-100(88,89)94-67-76(83)68-95-101(90,91)97-72-78(70-93-80(85)64-57-50-45-44-48-55-62-75(7)10-3)99-82(87)66-59-52-43-38-33-28-29-34-39-46-53-60-73(4)5/h73-78,83H,8-72H2,1-7H3,(H,88,89)(H,90,91)/t74?,75?,76-,77-,78-/m1/s1. The molecule has 0 amide bonds. The van der Waals surface area contributed by atoms with Gasteiger partial charge in [-0.3, -0.25) is 37.3 Å². The second-order valence-electron chi connectivity index (χ2n) is 30.5. The molecule has 600 valence electrons. The summed E-state index contributed by atoms with van der Waals surface area (Å²) in [4.78, 5) is 73.0. The lowest BCUT2D eigenvalue weighted by Crippen LogP contribution is -2.30. The SMILES string of the molecule is CCCCCCCCCCCCCCCCCC(=O)OC[C@H](COP(=O)(O)OC[C@@H](O)COP(=O)(O)OC[C@@H](COC(=O)CCCCCCCCC(C)CC)OC(=O)CCCCCCCCCCCCCC(C)C)OC(=O)CCCCCCCCCCCCCCCCCCCCC(C)CC. The number of phosphoric acid groups is 2. The van der Waals surface area contributed by atoms with Crippen molar-refractivity contribution in [2.45, 2.75) is 446 Å². The van der Waals surface area contributed by atoms with Gasteiger partial charge in [-0.1, -0.05) is 376 Å². The maximum atomic E-state index is 13.1. The van der Waals surface area contributed by atoms with Crippen LogP contribution in [0.1, 0.15) is 427 Å². The molecular formula is C82H160O17P2. The fourth-order valence-corrected chi connectivity index (χ4v) is 14.2. The minimum Gasteiger partial charge on any atom is -0.462 e. The first-order valence-corrected chi connectivity index (χ1v) is 45.4. The summed E-state index contributed by atoms with van der Waals surface area (Å²) in [5.41, 5.74) is 0. The zero-order valence-electron chi connectivity index (χ0n) is 66.4. The van der Waals surface area contributed by atoms with Gasteiger partial charge in [-0.25, -0.2) is 9.13 Å². The van der Waals surface area contributed by atoms with Crippen LogP contribution in [0.25, 0.3) is 0 Å². The average molecular weight is 1480 g/mol. The van der Waals surface area contributed by atoms with E-state index in [1.54, 1.807) is 0 Å². The highest BCUT2D eigenvalue weighted by Crippen LogP contribution is 2.45. The van der Waals surface area contributed by atoms with E-state index in [-0.39, 0.29) is 25.7 Å². The Morgan fingerprint density at radius 3 is 0.752 bits per heavy atom. The number of phosphoric ester groups is 2. The van der Waals surface area contributed by atoms with Crippen LogP contribution >= 0.6 is 15.6 Å². The van der Waals surface area contributed by atoms with E-state index >= 15 is 0 Å². The Kier molecular flexibility index (Phi) is 70.9. The van der Waals surface area contributed by atoms with E-state index in [9.17, 15) is 43.2 Å². The van der Waals surface area contributed by atoms with Crippen LogP contribution in [0.3, 0.4) is 0 Å². The zero-order valence-corrected chi connectivity index (χ0v) is 68.2. The number of hydrogen-bond donors (Lipinski definition) is 3. The number of carbonyl (C=O) groups is 4. The quantitative estimate of drug-likeness (QED) is 0.0222. The topological polar surface area (TPSA) is 237 Å². The second kappa shape index (κ2) is 72.3. The van der Waals surface area contributed by atoms with Gasteiger partial charge in [0, 0.05) is 25.7 Å². The Labute approximate surface area is 619 Å². The van der Waals surface area contributed by atoms with Crippen molar-refractivity contribution < 1.29 is 80.2 Å². The third-order valence-electron chi connectivity index (χ3n) is 19.9. The molecule has 0 rings (SSSR count). The molecule has 0 saturated heterocycles. The molecule has 0 aromatic carbocycles. The van der Waals surface area contributed by atoms with Crippen LogP contribution in [0.15, 0.2) is 0 Å². The Morgan fingerprint density at radius 1 is 0.287 bits per heavy atom. The van der Waals surface area contributed by atoms with Crippen molar-refractivity contribution in [2.75, 3.05) is 39.6 Å². The Balaban J connectivity index is 5.22. The third kappa shape index (κ3) is 73.4. The number of aliphatic hydroxyl groups is 1. The number of aliphatic hydroxyl groups excluding tert-OH is 1. The number of rotatable bonds is 80. The molecule has 0 aromatic heterocycles. The number of carbonyl (C=O) groups excluding carboxylic acids is 4. The lowest BCUT2D eigenvalue weighted by Gasteiger charge is -2.21. The molecule has 0 aliphatic carbocycles. The molecule has 4 unspecified atom stereocenters. The molecule has 0 fully saturated rings. The van der Waals surface area contributed by atoms with Crippen molar-refractivity contribution >= 4 is 39.5 Å². The minimum atomic E-state index is -4.96. The van der Waals surface area contributed by atoms with Crippen LogP contribution < -0.4 is 0 Å². The van der Waals surface area contributed by atoms with Crippen molar-refractivity contribution in [1.29, 1.82) is 0 Å². The van der Waals surface area contributed by atoms with Crippen LogP contribution in [-0.4, -0.2) is 96.7 Å². The molecule has 0 spiro atoms. The largest absolute Gasteiger partial charge is 0.472 e. The second-order valence-corrected chi connectivity index (χ2v) is 33.4. The van der Waals surface area contributed by atoms with Gasteiger partial charge in [0.05, 0.1) is 26.4 Å². The first kappa shape index (κ1) is 99.1. The van der Waals surface area contributed by atoms with Crippen LogP contribution in [0.2, 0.25) is 0 Å². The molecule has 0 heterocycles. The Morgan fingerprint density at radius 2 is 0.505 bits per heavy atom. The van der Waals surface area contributed by atoms with Crippen molar-refractivity contribution in [3.63, 3.8) is 0 Å². The third-order valence-corrected chi connectivity index (χ3v) is 21.8. The maximum Gasteiger partial charge on any atom is 0.472 e. The van der Waals surface area contributed by atoms with E-state index < -0.39 is 97.5 Å². The fraction of sp³-hybridized carbons (Fsp3) is 0.951. The van der Waals surface area contributed by atoms with E-state index in [4.69, 9.17) is 37.0 Å². The van der Waals surface area contributed by atoms with Gasteiger partial charge in [-0.15, -0.1) is 0 Å². The van der Waals surface area contributed by atoms with Gasteiger partial charge in [0.2, 0.25) is 0 Å². The molecule has 3 N–H and O–H groups in total. The molecule has 101 heavy (non-hydrogen) atoms. The monoisotopic (exact) mass is 1480 g/mol. The molecule has 19 heteroatoms. The zero-order chi connectivity index (χ0) is 74.4. The predicted molar refractivity (Wildman–Crippen MR) is 414 cm³/mol. The van der Waals surface area contributed by atoms with Crippen LogP contribution in [0.5, 0.6) is 0 Å². The number of hydrogen-bond acceptors (Lipinski definition) is 15. The first-order valence-electron chi connectivity index (χ1n) is 42.4. The highest BCUT2D eigenvalue weighted by atomic mass is 31.2. The smallest absolute Gasteiger partial charge is 0.462 e. The maximum absolute atomic E-state index is 13.1. The summed E-state index contributed by atoms with van der Waals surface area (Å²) in [5.74, 6) is 0.256. The van der Waals surface area contributed by atoms with E-state index in [0.717, 1.165) is 114 Å². The van der Waals surface area contributed by atoms with Gasteiger partial charge in [0.1, 0.15) is 19.3 Å². The summed E-state index contributed by atoms with van der Waals surface area (Å²) >= 11 is 0. The summed E-state index contributed by atoms with van der Waals surface area (Å²) < 4.78 is 68.7.